The van der Waals surface area contributed by atoms with E-state index in [2.05, 4.69) is 43.0 Å². The summed E-state index contributed by atoms with van der Waals surface area (Å²) in [6.45, 7) is 5.49. The van der Waals surface area contributed by atoms with E-state index in [1.807, 2.05) is 37.4 Å². The molecule has 7 nitrogen and oxygen atoms in total. The molecule has 8 heteroatoms. The Morgan fingerprint density at radius 1 is 1.31 bits per heavy atom. The second-order valence-corrected chi connectivity index (χ2v) is 9.49. The van der Waals surface area contributed by atoms with Crippen LogP contribution in [-0.4, -0.2) is 55.4 Å². The van der Waals surface area contributed by atoms with Crippen LogP contribution in [0.5, 0.6) is 0 Å². The molecule has 0 saturated carbocycles. The first-order chi connectivity index (χ1) is 15.6. The van der Waals surface area contributed by atoms with Crippen LogP contribution < -0.4 is 0 Å². The van der Waals surface area contributed by atoms with Crippen molar-refractivity contribution in [3.63, 3.8) is 0 Å². The number of benzene rings is 1. The molecule has 0 bridgehead atoms. The van der Waals surface area contributed by atoms with Crippen molar-refractivity contribution in [2.75, 3.05) is 20.1 Å². The Morgan fingerprint density at radius 2 is 2.16 bits per heavy atom. The van der Waals surface area contributed by atoms with Crippen molar-refractivity contribution < 1.29 is 4.79 Å². The first kappa shape index (κ1) is 20.9. The number of thiazole rings is 1. The number of nitrogens with one attached hydrogen (secondary N) is 1. The van der Waals surface area contributed by atoms with E-state index in [-0.39, 0.29) is 11.8 Å². The van der Waals surface area contributed by atoms with Gasteiger partial charge in [-0.1, -0.05) is 30.3 Å². The summed E-state index contributed by atoms with van der Waals surface area (Å²) < 4.78 is 2.20. The fraction of sp³-hybridized carbons (Fsp3) is 0.375. The number of carbonyl (C=O) groups excluding carboxylic acids is 1. The minimum atomic E-state index is 0.0151. The predicted octanol–water partition coefficient (Wildman–Crippen LogP) is 4.08. The summed E-state index contributed by atoms with van der Waals surface area (Å²) in [7, 11) is 1.85. The molecule has 4 aromatic rings. The Balaban J connectivity index is 1.30. The van der Waals surface area contributed by atoms with Crippen molar-refractivity contribution in [1.82, 2.24) is 29.4 Å². The Labute approximate surface area is 191 Å². The highest BCUT2D eigenvalue weighted by atomic mass is 32.1. The average Bonchev–Trinajstić information content (AvgIpc) is 3.52. The zero-order chi connectivity index (χ0) is 22.1. The van der Waals surface area contributed by atoms with Crippen LogP contribution in [0.3, 0.4) is 0 Å². The SMILES string of the molecule is Cc1nc2sccn2c1CN1CCC[C@H](c2[nH]ncc2C(=O)N(C)Cc2ccccc2)C1. The molecule has 32 heavy (non-hydrogen) atoms. The second-order valence-electron chi connectivity index (χ2n) is 8.62. The summed E-state index contributed by atoms with van der Waals surface area (Å²) in [5.41, 5.74) is 5.12. The predicted molar refractivity (Wildman–Crippen MR) is 126 cm³/mol. The van der Waals surface area contributed by atoms with Crippen molar-refractivity contribution >= 4 is 22.2 Å². The number of likely N-dealkylation sites (tertiary alicyclic amines) is 1. The number of rotatable bonds is 6. The molecule has 0 radical (unpaired) electrons. The lowest BCUT2D eigenvalue weighted by atomic mass is 9.92. The van der Waals surface area contributed by atoms with E-state index >= 15 is 0 Å². The van der Waals surface area contributed by atoms with Crippen LogP contribution in [0.15, 0.2) is 48.1 Å². The highest BCUT2D eigenvalue weighted by Gasteiger charge is 2.28. The second kappa shape index (κ2) is 8.88. The van der Waals surface area contributed by atoms with Crippen LogP contribution in [-0.2, 0) is 13.1 Å². The van der Waals surface area contributed by atoms with Gasteiger partial charge in [-0.3, -0.25) is 19.2 Å². The lowest BCUT2D eigenvalue weighted by molar-refractivity contribution is 0.0782. The van der Waals surface area contributed by atoms with Gasteiger partial charge in [-0.05, 0) is 31.9 Å². The van der Waals surface area contributed by atoms with Crippen molar-refractivity contribution in [1.29, 1.82) is 0 Å². The van der Waals surface area contributed by atoms with Gasteiger partial charge in [-0.2, -0.15) is 5.10 Å². The quantitative estimate of drug-likeness (QED) is 0.483. The van der Waals surface area contributed by atoms with E-state index < -0.39 is 0 Å². The average molecular weight is 449 g/mol. The fourth-order valence-corrected chi connectivity index (χ4v) is 5.47. The molecule has 1 saturated heterocycles. The number of H-pyrrole nitrogens is 1. The zero-order valence-corrected chi connectivity index (χ0v) is 19.3. The molecule has 1 aromatic carbocycles. The first-order valence-corrected chi connectivity index (χ1v) is 11.9. The van der Waals surface area contributed by atoms with Crippen molar-refractivity contribution in [2.24, 2.45) is 0 Å². The molecule has 5 rings (SSSR count). The van der Waals surface area contributed by atoms with Gasteiger partial charge in [-0.15, -0.1) is 11.3 Å². The van der Waals surface area contributed by atoms with E-state index in [1.165, 1.54) is 5.69 Å². The number of aromatic nitrogens is 4. The van der Waals surface area contributed by atoms with Gasteiger partial charge in [0.2, 0.25) is 0 Å². The van der Waals surface area contributed by atoms with Crippen molar-refractivity contribution in [2.45, 2.75) is 38.8 Å². The number of amides is 1. The lowest BCUT2D eigenvalue weighted by Crippen LogP contribution is -2.35. The summed E-state index contributed by atoms with van der Waals surface area (Å²) in [5.74, 6) is 0.280. The molecular formula is C24H28N6OS. The molecule has 1 N–H and O–H groups in total. The summed E-state index contributed by atoms with van der Waals surface area (Å²) in [6, 6.07) is 10.1. The summed E-state index contributed by atoms with van der Waals surface area (Å²) >= 11 is 1.67. The van der Waals surface area contributed by atoms with E-state index in [1.54, 1.807) is 22.4 Å². The van der Waals surface area contributed by atoms with Gasteiger partial charge < -0.3 is 4.90 Å². The number of nitrogens with zero attached hydrogens (tertiary/aromatic N) is 5. The monoisotopic (exact) mass is 448 g/mol. The van der Waals surface area contributed by atoms with Crippen LogP contribution in [0.4, 0.5) is 0 Å². The lowest BCUT2D eigenvalue weighted by Gasteiger charge is -2.32. The molecule has 3 aromatic heterocycles. The number of carbonyl (C=O) groups is 1. The zero-order valence-electron chi connectivity index (χ0n) is 18.5. The molecular weight excluding hydrogens is 420 g/mol. The van der Waals surface area contributed by atoms with Gasteiger partial charge >= 0.3 is 0 Å². The topological polar surface area (TPSA) is 69.5 Å². The Kier molecular flexibility index (Phi) is 5.80. The maximum Gasteiger partial charge on any atom is 0.257 e. The molecule has 166 valence electrons. The Hall–Kier alpha value is -2.97. The van der Waals surface area contributed by atoms with Gasteiger partial charge in [0.25, 0.3) is 5.91 Å². The van der Waals surface area contributed by atoms with Crippen LogP contribution in [0.2, 0.25) is 0 Å². The third-order valence-corrected chi connectivity index (χ3v) is 7.11. The number of hydrogen-bond acceptors (Lipinski definition) is 5. The number of piperidine rings is 1. The number of aromatic amines is 1. The molecule has 0 spiro atoms. The van der Waals surface area contributed by atoms with E-state index in [0.717, 1.165) is 54.4 Å². The minimum Gasteiger partial charge on any atom is -0.337 e. The maximum absolute atomic E-state index is 13.2. The molecule has 1 atom stereocenters. The van der Waals surface area contributed by atoms with Gasteiger partial charge in [0.05, 0.1) is 28.8 Å². The van der Waals surface area contributed by atoms with Gasteiger partial charge in [0, 0.05) is 44.2 Å². The molecule has 0 unspecified atom stereocenters. The van der Waals surface area contributed by atoms with E-state index in [9.17, 15) is 4.79 Å². The number of hydrogen-bond donors (Lipinski definition) is 1. The Morgan fingerprint density at radius 3 is 3.00 bits per heavy atom. The van der Waals surface area contributed by atoms with Crippen molar-refractivity contribution in [3.8, 4) is 0 Å². The molecule has 4 heterocycles. The summed E-state index contributed by atoms with van der Waals surface area (Å²) in [6.07, 6.45) is 5.95. The van der Waals surface area contributed by atoms with Crippen molar-refractivity contribution in [3.05, 3.63) is 76.3 Å². The van der Waals surface area contributed by atoms with E-state index in [0.29, 0.717) is 12.1 Å². The molecule has 1 aliphatic rings. The highest BCUT2D eigenvalue weighted by Crippen LogP contribution is 2.30. The van der Waals surface area contributed by atoms with E-state index in [4.69, 9.17) is 0 Å². The van der Waals surface area contributed by atoms with Gasteiger partial charge in [0.15, 0.2) is 4.96 Å². The Bertz CT molecular complexity index is 1210. The largest absolute Gasteiger partial charge is 0.337 e. The normalized spacial score (nSPS) is 17.1. The molecule has 1 amide bonds. The van der Waals surface area contributed by atoms with Gasteiger partial charge in [0.1, 0.15) is 0 Å². The fourth-order valence-electron chi connectivity index (χ4n) is 4.69. The highest BCUT2D eigenvalue weighted by molar-refractivity contribution is 7.15. The number of fused-ring (bicyclic) bond motifs is 1. The third kappa shape index (κ3) is 4.08. The summed E-state index contributed by atoms with van der Waals surface area (Å²) in [5, 5.41) is 9.49. The molecule has 0 aliphatic carbocycles. The first-order valence-electron chi connectivity index (χ1n) is 11.1. The van der Waals surface area contributed by atoms with Gasteiger partial charge in [-0.25, -0.2) is 4.98 Å². The summed E-state index contributed by atoms with van der Waals surface area (Å²) in [4.78, 5) is 23.2. The van der Waals surface area contributed by atoms with Crippen LogP contribution >= 0.6 is 11.3 Å². The smallest absolute Gasteiger partial charge is 0.257 e. The molecule has 1 aliphatic heterocycles. The van der Waals surface area contributed by atoms with Crippen LogP contribution in [0.1, 0.15) is 51.8 Å². The minimum absolute atomic E-state index is 0.0151. The maximum atomic E-state index is 13.2. The van der Waals surface area contributed by atoms with Crippen LogP contribution in [0, 0.1) is 6.92 Å². The number of imidazole rings is 1. The third-order valence-electron chi connectivity index (χ3n) is 6.36. The number of aryl methyl sites for hydroxylation is 1. The molecule has 1 fully saturated rings. The van der Waals surface area contributed by atoms with Crippen LogP contribution in [0.25, 0.3) is 4.96 Å². The standard InChI is InChI=1S/C24H28N6OS/c1-17-21(30-11-12-32-24(30)26-17)16-29-10-6-9-19(15-29)22-20(13-25-27-22)23(31)28(2)14-18-7-4-3-5-8-18/h3-5,7-8,11-13,19H,6,9-10,14-16H2,1-2H3,(H,25,27)/t19-/m0/s1.